The van der Waals surface area contributed by atoms with E-state index < -0.39 is 0 Å². The summed E-state index contributed by atoms with van der Waals surface area (Å²) in [5, 5.41) is 3.34. The number of aromatic amines is 1. The summed E-state index contributed by atoms with van der Waals surface area (Å²) < 4.78 is 0. The van der Waals surface area contributed by atoms with Crippen molar-refractivity contribution >= 4 is 11.0 Å². The molecule has 0 atom stereocenters. The van der Waals surface area contributed by atoms with E-state index in [2.05, 4.69) is 33.5 Å². The summed E-state index contributed by atoms with van der Waals surface area (Å²) in [6, 6.07) is 6.68. The minimum atomic E-state index is 0.363. The third-order valence-corrected chi connectivity index (χ3v) is 4.04. The molecule has 1 heterocycles. The van der Waals surface area contributed by atoms with Gasteiger partial charge in [0.05, 0.1) is 11.0 Å². The number of hydrogen-bond acceptors (Lipinski definition) is 2. The van der Waals surface area contributed by atoms with Crippen LogP contribution in [-0.4, -0.2) is 23.6 Å². The Morgan fingerprint density at radius 3 is 2.88 bits per heavy atom. The number of aryl methyl sites for hydroxylation is 1. The Kier molecular flexibility index (Phi) is 2.44. The van der Waals surface area contributed by atoms with Crippen LogP contribution in [0.3, 0.4) is 0 Å². The van der Waals surface area contributed by atoms with Crippen LogP contribution in [0.2, 0.25) is 0 Å². The number of nitrogens with one attached hydrogen (secondary N) is 2. The first-order valence-corrected chi connectivity index (χ1v) is 6.35. The van der Waals surface area contributed by atoms with Crippen molar-refractivity contribution < 1.29 is 0 Å². The Hall–Kier alpha value is -1.35. The largest absolute Gasteiger partial charge is 0.342 e. The van der Waals surface area contributed by atoms with E-state index >= 15 is 0 Å². The van der Waals surface area contributed by atoms with E-state index in [-0.39, 0.29) is 0 Å². The molecule has 2 N–H and O–H groups in total. The Bertz CT molecular complexity index is 537. The van der Waals surface area contributed by atoms with Crippen molar-refractivity contribution in [1.29, 1.82) is 0 Å². The monoisotopic (exact) mass is 229 g/mol. The second-order valence-electron chi connectivity index (χ2n) is 5.22. The fourth-order valence-electron chi connectivity index (χ4n) is 2.98. The quantitative estimate of drug-likeness (QED) is 0.849. The molecule has 0 aliphatic heterocycles. The number of imidazole rings is 1. The molecule has 3 nitrogen and oxygen atoms in total. The molecule has 17 heavy (non-hydrogen) atoms. The van der Waals surface area contributed by atoms with Gasteiger partial charge in [0.2, 0.25) is 0 Å². The molecular formula is C14H19N3. The molecule has 3 rings (SSSR count). The van der Waals surface area contributed by atoms with Gasteiger partial charge in [0.25, 0.3) is 0 Å². The molecule has 1 aliphatic carbocycles. The third kappa shape index (κ3) is 1.65. The lowest BCUT2D eigenvalue weighted by molar-refractivity contribution is 0.239. The van der Waals surface area contributed by atoms with Gasteiger partial charge < -0.3 is 10.3 Å². The number of hydrogen-bond donors (Lipinski definition) is 2. The third-order valence-electron chi connectivity index (χ3n) is 4.04. The molecule has 0 saturated heterocycles. The number of rotatable bonds is 3. The Balaban J connectivity index is 2.04. The van der Waals surface area contributed by atoms with Crippen LogP contribution < -0.4 is 5.32 Å². The Morgan fingerprint density at radius 1 is 1.41 bits per heavy atom. The average Bonchev–Trinajstić information content (AvgIpc) is 2.62. The van der Waals surface area contributed by atoms with Crippen LogP contribution in [-0.2, 0) is 5.41 Å². The molecule has 1 aromatic heterocycles. The maximum atomic E-state index is 4.45. The maximum absolute atomic E-state index is 4.45. The molecule has 0 spiro atoms. The molecule has 0 radical (unpaired) electrons. The lowest BCUT2D eigenvalue weighted by atomic mass is 9.64. The molecular weight excluding hydrogens is 210 g/mol. The smallest absolute Gasteiger partial charge is 0.104 e. The molecule has 3 heteroatoms. The van der Waals surface area contributed by atoms with Crippen LogP contribution in [0.1, 0.15) is 30.7 Å². The van der Waals surface area contributed by atoms with Gasteiger partial charge >= 0.3 is 0 Å². The van der Waals surface area contributed by atoms with Crippen molar-refractivity contribution in [1.82, 2.24) is 15.3 Å². The minimum Gasteiger partial charge on any atom is -0.342 e. The molecule has 2 aromatic rings. The number of nitrogens with zero attached hydrogens (tertiary/aromatic N) is 1. The van der Waals surface area contributed by atoms with E-state index in [1.165, 1.54) is 30.3 Å². The fraction of sp³-hybridized carbons (Fsp3) is 0.500. The standard InChI is InChI=1S/C14H19N3/c1-10-16-12-5-4-11(8-13(12)17-10)14(9-15-2)6-3-7-14/h4-5,8,15H,3,6-7,9H2,1-2H3,(H,16,17). The first-order chi connectivity index (χ1) is 8.23. The molecule has 0 bridgehead atoms. The molecule has 1 fully saturated rings. The van der Waals surface area contributed by atoms with Crippen molar-refractivity contribution in [3.63, 3.8) is 0 Å². The van der Waals surface area contributed by atoms with Crippen molar-refractivity contribution in [2.45, 2.75) is 31.6 Å². The molecule has 0 unspecified atom stereocenters. The van der Waals surface area contributed by atoms with E-state index in [1.807, 2.05) is 14.0 Å². The SMILES string of the molecule is CNCC1(c2ccc3nc(C)[nH]c3c2)CCC1. The summed E-state index contributed by atoms with van der Waals surface area (Å²) in [7, 11) is 2.04. The van der Waals surface area contributed by atoms with E-state index in [4.69, 9.17) is 0 Å². The fourth-order valence-corrected chi connectivity index (χ4v) is 2.98. The van der Waals surface area contributed by atoms with Gasteiger partial charge in [0.15, 0.2) is 0 Å². The summed E-state index contributed by atoms with van der Waals surface area (Å²) >= 11 is 0. The van der Waals surface area contributed by atoms with E-state index in [0.717, 1.165) is 17.9 Å². The first kappa shape index (κ1) is 10.8. The van der Waals surface area contributed by atoms with Crippen LogP contribution in [0.5, 0.6) is 0 Å². The highest BCUT2D eigenvalue weighted by Crippen LogP contribution is 2.43. The van der Waals surface area contributed by atoms with Gasteiger partial charge in [-0.3, -0.25) is 0 Å². The van der Waals surface area contributed by atoms with Gasteiger partial charge in [-0.25, -0.2) is 4.98 Å². The zero-order chi connectivity index (χ0) is 11.9. The maximum Gasteiger partial charge on any atom is 0.104 e. The highest BCUT2D eigenvalue weighted by molar-refractivity contribution is 5.76. The van der Waals surface area contributed by atoms with Crippen LogP contribution >= 0.6 is 0 Å². The summed E-state index contributed by atoms with van der Waals surface area (Å²) in [6.45, 7) is 3.08. The summed E-state index contributed by atoms with van der Waals surface area (Å²) in [6.07, 6.45) is 3.95. The van der Waals surface area contributed by atoms with Gasteiger partial charge in [-0.2, -0.15) is 0 Å². The topological polar surface area (TPSA) is 40.7 Å². The summed E-state index contributed by atoms with van der Waals surface area (Å²) in [5.74, 6) is 0.994. The number of benzene rings is 1. The highest BCUT2D eigenvalue weighted by Gasteiger charge is 2.38. The zero-order valence-electron chi connectivity index (χ0n) is 10.5. The van der Waals surface area contributed by atoms with Crippen LogP contribution in [0.4, 0.5) is 0 Å². The molecule has 1 saturated carbocycles. The van der Waals surface area contributed by atoms with Gasteiger partial charge in [-0.1, -0.05) is 12.5 Å². The number of fused-ring (bicyclic) bond motifs is 1. The van der Waals surface area contributed by atoms with Gasteiger partial charge in [-0.05, 0) is 44.5 Å². The number of aromatic nitrogens is 2. The van der Waals surface area contributed by atoms with Crippen LogP contribution in [0.15, 0.2) is 18.2 Å². The summed E-state index contributed by atoms with van der Waals surface area (Å²) in [4.78, 5) is 7.78. The average molecular weight is 229 g/mol. The van der Waals surface area contributed by atoms with Crippen molar-refractivity contribution in [3.05, 3.63) is 29.6 Å². The Morgan fingerprint density at radius 2 is 2.24 bits per heavy atom. The molecule has 1 aliphatic rings. The second kappa shape index (κ2) is 3.84. The summed E-state index contributed by atoms with van der Waals surface area (Å²) in [5.41, 5.74) is 4.06. The van der Waals surface area contributed by atoms with Gasteiger partial charge in [-0.15, -0.1) is 0 Å². The number of H-pyrrole nitrogens is 1. The molecule has 1 aromatic carbocycles. The minimum absolute atomic E-state index is 0.363. The van der Waals surface area contributed by atoms with Crippen molar-refractivity contribution in [2.24, 2.45) is 0 Å². The highest BCUT2D eigenvalue weighted by atomic mass is 14.9. The lowest BCUT2D eigenvalue weighted by Gasteiger charge is -2.42. The zero-order valence-corrected chi connectivity index (χ0v) is 10.5. The van der Waals surface area contributed by atoms with E-state index in [1.54, 1.807) is 0 Å². The Labute approximate surface area is 102 Å². The van der Waals surface area contributed by atoms with Crippen LogP contribution in [0.25, 0.3) is 11.0 Å². The first-order valence-electron chi connectivity index (χ1n) is 6.35. The predicted octanol–water partition coefficient (Wildman–Crippen LogP) is 2.51. The van der Waals surface area contributed by atoms with E-state index in [9.17, 15) is 0 Å². The lowest BCUT2D eigenvalue weighted by Crippen LogP contribution is -2.42. The molecule has 0 amide bonds. The predicted molar refractivity (Wildman–Crippen MR) is 70.3 cm³/mol. The van der Waals surface area contributed by atoms with Gasteiger partial charge in [0, 0.05) is 12.0 Å². The van der Waals surface area contributed by atoms with Crippen molar-refractivity contribution in [3.8, 4) is 0 Å². The van der Waals surface area contributed by atoms with E-state index in [0.29, 0.717) is 5.41 Å². The second-order valence-corrected chi connectivity index (χ2v) is 5.22. The van der Waals surface area contributed by atoms with Crippen molar-refractivity contribution in [2.75, 3.05) is 13.6 Å². The van der Waals surface area contributed by atoms with Crippen LogP contribution in [0, 0.1) is 6.92 Å². The molecule has 90 valence electrons. The number of likely N-dealkylation sites (N-methyl/N-ethyl adjacent to an activating group) is 1. The van der Waals surface area contributed by atoms with Gasteiger partial charge in [0.1, 0.15) is 5.82 Å². The normalized spacial score (nSPS) is 18.2.